The van der Waals surface area contributed by atoms with Crippen LogP contribution in [0, 0.1) is 0 Å². The molecule has 0 fully saturated rings. The third-order valence-corrected chi connectivity index (χ3v) is 5.58. The van der Waals surface area contributed by atoms with Crippen molar-refractivity contribution in [1.29, 1.82) is 0 Å². The van der Waals surface area contributed by atoms with Crippen molar-refractivity contribution in [2.24, 2.45) is 0 Å². The fourth-order valence-electron chi connectivity index (χ4n) is 1.78. The molecule has 0 saturated carbocycles. The second kappa shape index (κ2) is 4.39. The highest BCUT2D eigenvalue weighted by atomic mass is 31.1. The van der Waals surface area contributed by atoms with Gasteiger partial charge in [0.15, 0.2) is 0 Å². The summed E-state index contributed by atoms with van der Waals surface area (Å²) < 4.78 is 2.62. The molecule has 0 bridgehead atoms. The summed E-state index contributed by atoms with van der Waals surface area (Å²) in [4.78, 5) is 0. The fraction of sp³-hybridized carbons (Fsp3) is 0.800. The van der Waals surface area contributed by atoms with Gasteiger partial charge in [-0.1, -0.05) is 27.7 Å². The average molecular weight is 185 g/mol. The Morgan fingerprint density at radius 3 is 1.58 bits per heavy atom. The summed E-state index contributed by atoms with van der Waals surface area (Å²) in [6.07, 6.45) is 2.57. The summed E-state index contributed by atoms with van der Waals surface area (Å²) in [5.41, 5.74) is 0. The van der Waals surface area contributed by atoms with E-state index in [0.29, 0.717) is 0 Å². The first-order valence-electron chi connectivity index (χ1n) is 5.07. The molecule has 0 saturated heterocycles. The summed E-state index contributed by atoms with van der Waals surface area (Å²) in [6, 6.07) is 0. The van der Waals surface area contributed by atoms with Crippen LogP contribution in [0.3, 0.4) is 0 Å². The maximum absolute atomic E-state index is 2.62. The van der Waals surface area contributed by atoms with E-state index < -0.39 is 0 Å². The van der Waals surface area contributed by atoms with Gasteiger partial charge in [0.2, 0.25) is 0 Å². The Balaban J connectivity index is 2.49. The van der Waals surface area contributed by atoms with Gasteiger partial charge in [0, 0.05) is 8.07 Å². The van der Waals surface area contributed by atoms with Crippen LogP contribution in [0.1, 0.15) is 40.5 Å². The Hall–Kier alpha value is 0.130. The van der Waals surface area contributed by atoms with Crippen LogP contribution in [0.5, 0.6) is 0 Å². The lowest BCUT2D eigenvalue weighted by molar-refractivity contribution is 0.514. The summed E-state index contributed by atoms with van der Waals surface area (Å²) in [5.74, 6) is 0. The molecule has 1 nitrogen and oxygen atoms in total. The third-order valence-electron chi connectivity index (χ3n) is 2.48. The molecule has 70 valence electrons. The van der Waals surface area contributed by atoms with Crippen molar-refractivity contribution in [3.63, 3.8) is 0 Å². The first-order valence-corrected chi connectivity index (χ1v) is 6.36. The lowest BCUT2D eigenvalue weighted by atomic mass is 10.4. The predicted octanol–water partition coefficient (Wildman–Crippen LogP) is 3.77. The van der Waals surface area contributed by atoms with Crippen LogP contribution in [0.2, 0.25) is 0 Å². The second-order valence-corrected chi connectivity index (χ2v) is 5.32. The average Bonchev–Trinajstić information content (AvgIpc) is 2.80. The quantitative estimate of drug-likeness (QED) is 0.589. The van der Waals surface area contributed by atoms with Crippen LogP contribution in [-0.2, 0) is 0 Å². The van der Waals surface area contributed by atoms with Crippen molar-refractivity contribution in [3.05, 3.63) is 10.6 Å². The zero-order chi connectivity index (χ0) is 9.14. The minimum absolute atomic E-state index is 0.126. The lowest BCUT2D eigenvalue weighted by Crippen LogP contribution is -2.13. The summed E-state index contributed by atoms with van der Waals surface area (Å²) in [7, 11) is 0.126. The highest BCUT2D eigenvalue weighted by molar-refractivity contribution is 7.71. The molecule has 2 heteroatoms. The standard InChI is InChI=1S/C10H20NP/c1-5-9-10(6-2)12(9)11(7-3)8-4/h5-8H2,1-4H3. The van der Waals surface area contributed by atoms with Gasteiger partial charge in [-0.05, 0) is 36.6 Å². The molecule has 0 N–H and O–H groups in total. The molecule has 0 spiro atoms. The molecule has 0 radical (unpaired) electrons. The van der Waals surface area contributed by atoms with E-state index in [1.807, 2.05) is 0 Å². The van der Waals surface area contributed by atoms with E-state index in [0.717, 1.165) is 0 Å². The van der Waals surface area contributed by atoms with Gasteiger partial charge in [0.1, 0.15) is 0 Å². The smallest absolute Gasteiger partial charge is 0.0204 e. The summed E-state index contributed by atoms with van der Waals surface area (Å²) in [5, 5.41) is 3.55. The van der Waals surface area contributed by atoms with Crippen LogP contribution in [0.25, 0.3) is 0 Å². The third kappa shape index (κ3) is 1.72. The molecule has 0 aromatic carbocycles. The van der Waals surface area contributed by atoms with Gasteiger partial charge in [0.25, 0.3) is 0 Å². The van der Waals surface area contributed by atoms with Gasteiger partial charge in [0.05, 0.1) is 0 Å². The van der Waals surface area contributed by atoms with Gasteiger partial charge in [-0.2, -0.15) is 0 Å². The Labute approximate surface area is 77.6 Å². The monoisotopic (exact) mass is 185 g/mol. The summed E-state index contributed by atoms with van der Waals surface area (Å²) >= 11 is 0. The Morgan fingerprint density at radius 2 is 1.33 bits per heavy atom. The van der Waals surface area contributed by atoms with Crippen molar-refractivity contribution in [1.82, 2.24) is 4.67 Å². The highest BCUT2D eigenvalue weighted by Crippen LogP contribution is 2.73. The Morgan fingerprint density at radius 1 is 0.917 bits per heavy atom. The van der Waals surface area contributed by atoms with Crippen LogP contribution in [0.15, 0.2) is 10.6 Å². The molecule has 0 amide bonds. The first-order chi connectivity index (χ1) is 5.79. The number of hydrogen-bond donors (Lipinski definition) is 0. The molecular weight excluding hydrogens is 165 g/mol. The Kier molecular flexibility index (Phi) is 3.74. The molecule has 0 atom stereocenters. The maximum atomic E-state index is 2.62. The molecule has 0 unspecified atom stereocenters. The van der Waals surface area contributed by atoms with Gasteiger partial charge in [-0.25, -0.2) is 0 Å². The molecule has 0 aliphatic carbocycles. The van der Waals surface area contributed by atoms with Crippen molar-refractivity contribution in [3.8, 4) is 0 Å². The van der Waals surface area contributed by atoms with Crippen molar-refractivity contribution < 1.29 is 0 Å². The van der Waals surface area contributed by atoms with Gasteiger partial charge in [-0.3, -0.25) is 4.67 Å². The molecule has 1 aliphatic rings. The Bertz CT molecular complexity index is 168. The van der Waals surface area contributed by atoms with Crippen LogP contribution in [0.4, 0.5) is 0 Å². The molecule has 12 heavy (non-hydrogen) atoms. The highest BCUT2D eigenvalue weighted by Gasteiger charge is 2.36. The normalized spacial score (nSPS) is 17.8. The topological polar surface area (TPSA) is 3.24 Å². The number of rotatable bonds is 5. The fourth-order valence-corrected chi connectivity index (χ4v) is 4.54. The zero-order valence-electron chi connectivity index (χ0n) is 8.72. The van der Waals surface area contributed by atoms with Crippen LogP contribution >= 0.6 is 8.07 Å². The minimum Gasteiger partial charge on any atom is -0.276 e. The van der Waals surface area contributed by atoms with E-state index in [-0.39, 0.29) is 8.07 Å². The molecule has 1 heterocycles. The van der Waals surface area contributed by atoms with E-state index in [9.17, 15) is 0 Å². The molecule has 0 aromatic heterocycles. The largest absolute Gasteiger partial charge is 0.276 e. The van der Waals surface area contributed by atoms with Gasteiger partial charge < -0.3 is 0 Å². The van der Waals surface area contributed by atoms with E-state index in [1.54, 1.807) is 10.6 Å². The molecule has 1 aliphatic heterocycles. The van der Waals surface area contributed by atoms with E-state index in [4.69, 9.17) is 0 Å². The van der Waals surface area contributed by atoms with Crippen LogP contribution in [-0.4, -0.2) is 17.8 Å². The minimum atomic E-state index is 0.126. The maximum Gasteiger partial charge on any atom is 0.0204 e. The van der Waals surface area contributed by atoms with Crippen LogP contribution < -0.4 is 0 Å². The van der Waals surface area contributed by atoms with E-state index in [1.165, 1.54) is 25.9 Å². The van der Waals surface area contributed by atoms with Gasteiger partial charge in [-0.15, -0.1) is 0 Å². The lowest BCUT2D eigenvalue weighted by Gasteiger charge is -2.19. The van der Waals surface area contributed by atoms with E-state index in [2.05, 4.69) is 32.4 Å². The number of allylic oxidation sites excluding steroid dienone is 2. The van der Waals surface area contributed by atoms with E-state index >= 15 is 0 Å². The van der Waals surface area contributed by atoms with Gasteiger partial charge >= 0.3 is 0 Å². The van der Waals surface area contributed by atoms with Crippen molar-refractivity contribution in [2.45, 2.75) is 40.5 Å². The predicted molar refractivity (Wildman–Crippen MR) is 57.4 cm³/mol. The molecule has 1 rings (SSSR count). The first kappa shape index (κ1) is 10.2. The number of nitrogens with zero attached hydrogens (tertiary/aromatic N) is 1. The van der Waals surface area contributed by atoms with Crippen molar-refractivity contribution in [2.75, 3.05) is 13.1 Å². The zero-order valence-corrected chi connectivity index (χ0v) is 9.62. The summed E-state index contributed by atoms with van der Waals surface area (Å²) in [6.45, 7) is 11.5. The van der Waals surface area contributed by atoms with Crippen molar-refractivity contribution >= 4 is 8.07 Å². The SMILES string of the molecule is CCC1=C(CC)P1N(CC)CC. The second-order valence-electron chi connectivity index (χ2n) is 3.05. The number of hydrogen-bond acceptors (Lipinski definition) is 1. The molecule has 0 aromatic rings. The molecular formula is C10H20NP.